The molecule has 5 heteroatoms. The van der Waals surface area contributed by atoms with Gasteiger partial charge in [-0.05, 0) is 34.0 Å². The summed E-state index contributed by atoms with van der Waals surface area (Å²) in [6.07, 6.45) is 0.489. The van der Waals surface area contributed by atoms with Crippen molar-refractivity contribution in [2.24, 2.45) is 0 Å². The Morgan fingerprint density at radius 1 is 0.848 bits per heavy atom. The highest BCUT2D eigenvalue weighted by Gasteiger charge is 2.54. The molecule has 1 fully saturated rings. The number of rotatable bonds is 6. The molecule has 0 N–H and O–H groups in total. The van der Waals surface area contributed by atoms with Crippen LogP contribution in [0.1, 0.15) is 27.2 Å². The highest BCUT2D eigenvalue weighted by atomic mass is 28.4. The lowest BCUT2D eigenvalue weighted by atomic mass is 10.1. The van der Waals surface area contributed by atoms with Crippen molar-refractivity contribution in [3.05, 3.63) is 91.0 Å². The van der Waals surface area contributed by atoms with Crippen LogP contribution in [0, 0.1) is 0 Å². The number of esters is 1. The third-order valence-corrected chi connectivity index (χ3v) is 11.7. The number of benzene rings is 3. The summed E-state index contributed by atoms with van der Waals surface area (Å²) in [5.74, 6) is -0.251. The highest BCUT2D eigenvalue weighted by molar-refractivity contribution is 6.99. The Balaban J connectivity index is 1.83. The molecule has 172 valence electrons. The van der Waals surface area contributed by atoms with Crippen LogP contribution in [-0.4, -0.2) is 40.1 Å². The third kappa shape index (κ3) is 4.35. The number of hydrogen-bond acceptors (Lipinski definition) is 4. The molecule has 1 aliphatic rings. The Labute approximate surface area is 198 Å². The number of ether oxygens (including phenoxy) is 1. The van der Waals surface area contributed by atoms with E-state index in [0.29, 0.717) is 0 Å². The largest absolute Gasteiger partial charge is 0.467 e. The number of para-hydroxylation sites is 1. The van der Waals surface area contributed by atoms with E-state index < -0.39 is 14.4 Å². The van der Waals surface area contributed by atoms with Gasteiger partial charge in [0.05, 0.1) is 13.2 Å². The Bertz CT molecular complexity index is 1010. The minimum atomic E-state index is -2.78. The van der Waals surface area contributed by atoms with E-state index in [1.165, 1.54) is 17.5 Å². The maximum absolute atomic E-state index is 13.1. The molecular formula is C28H33NO3Si. The van der Waals surface area contributed by atoms with Crippen molar-refractivity contribution in [3.63, 3.8) is 0 Å². The minimum absolute atomic E-state index is 0.156. The van der Waals surface area contributed by atoms with E-state index in [0.717, 1.165) is 18.7 Å². The van der Waals surface area contributed by atoms with Gasteiger partial charge >= 0.3 is 5.97 Å². The molecular weight excluding hydrogens is 426 g/mol. The molecule has 1 aliphatic heterocycles. The highest BCUT2D eigenvalue weighted by Crippen LogP contribution is 2.40. The normalized spacial score (nSPS) is 18.8. The second kappa shape index (κ2) is 9.54. The number of carbonyl (C=O) groups excluding carboxylic acids is 1. The maximum Gasteiger partial charge on any atom is 0.331 e. The Morgan fingerprint density at radius 2 is 1.33 bits per heavy atom. The van der Waals surface area contributed by atoms with Gasteiger partial charge in [0.2, 0.25) is 0 Å². The monoisotopic (exact) mass is 459 g/mol. The fraction of sp³-hybridized carbons (Fsp3) is 0.321. The molecule has 0 unspecified atom stereocenters. The summed E-state index contributed by atoms with van der Waals surface area (Å²) in [5, 5.41) is 2.27. The van der Waals surface area contributed by atoms with Gasteiger partial charge in [-0.15, -0.1) is 0 Å². The molecule has 0 radical (unpaired) electrons. The van der Waals surface area contributed by atoms with Crippen molar-refractivity contribution in [2.45, 2.75) is 44.4 Å². The topological polar surface area (TPSA) is 38.8 Å². The first-order chi connectivity index (χ1) is 15.9. The summed E-state index contributed by atoms with van der Waals surface area (Å²) in [4.78, 5) is 15.2. The Kier molecular flexibility index (Phi) is 6.72. The van der Waals surface area contributed by atoms with E-state index in [9.17, 15) is 4.79 Å². The van der Waals surface area contributed by atoms with E-state index in [2.05, 4.69) is 74.2 Å². The first-order valence-electron chi connectivity index (χ1n) is 11.6. The molecule has 4 rings (SSSR count). The summed E-state index contributed by atoms with van der Waals surface area (Å²) < 4.78 is 12.6. The number of nitrogens with zero attached hydrogens (tertiary/aromatic N) is 1. The van der Waals surface area contributed by atoms with Gasteiger partial charge in [-0.25, -0.2) is 4.79 Å². The molecule has 3 aromatic rings. The molecule has 0 spiro atoms. The predicted molar refractivity (Wildman–Crippen MR) is 137 cm³/mol. The summed E-state index contributed by atoms with van der Waals surface area (Å²) in [6.45, 7) is 7.52. The lowest BCUT2D eigenvalue weighted by Crippen LogP contribution is -2.68. The number of hydrogen-bond donors (Lipinski definition) is 0. The zero-order chi connectivity index (χ0) is 23.5. The zero-order valence-electron chi connectivity index (χ0n) is 19.9. The number of methoxy groups -OCH3 is 1. The van der Waals surface area contributed by atoms with Crippen LogP contribution in [0.25, 0.3) is 0 Å². The van der Waals surface area contributed by atoms with Crippen molar-refractivity contribution < 1.29 is 14.0 Å². The van der Waals surface area contributed by atoms with E-state index >= 15 is 0 Å². The summed E-state index contributed by atoms with van der Waals surface area (Å²) in [6, 6.07) is 30.7. The molecule has 0 bridgehead atoms. The fourth-order valence-corrected chi connectivity index (χ4v) is 9.83. The lowest BCUT2D eigenvalue weighted by Gasteiger charge is -2.45. The molecule has 0 saturated carbocycles. The van der Waals surface area contributed by atoms with Crippen molar-refractivity contribution in [2.75, 3.05) is 18.6 Å². The van der Waals surface area contributed by atoms with Crippen molar-refractivity contribution >= 4 is 30.3 Å². The number of anilines is 1. The van der Waals surface area contributed by atoms with Crippen LogP contribution >= 0.6 is 0 Å². The van der Waals surface area contributed by atoms with Crippen LogP contribution in [0.4, 0.5) is 5.69 Å². The van der Waals surface area contributed by atoms with E-state index in [-0.39, 0.29) is 17.1 Å². The van der Waals surface area contributed by atoms with E-state index in [4.69, 9.17) is 9.16 Å². The summed E-state index contributed by atoms with van der Waals surface area (Å²) in [7, 11) is -1.32. The van der Waals surface area contributed by atoms with Crippen LogP contribution in [0.3, 0.4) is 0 Å². The first kappa shape index (κ1) is 23.3. The Hall–Kier alpha value is -2.89. The van der Waals surface area contributed by atoms with Crippen LogP contribution in [-0.2, 0) is 14.0 Å². The van der Waals surface area contributed by atoms with Gasteiger partial charge in [0.1, 0.15) is 0 Å². The van der Waals surface area contributed by atoms with Gasteiger partial charge in [-0.3, -0.25) is 0 Å². The SMILES string of the molecule is COC(=O)[C@H]1[C@@H](O[Si](c2ccccc2)(c2ccccc2)C(C)(C)C)CCN1c1ccccc1. The van der Waals surface area contributed by atoms with E-state index in [1.807, 2.05) is 42.5 Å². The van der Waals surface area contributed by atoms with Gasteiger partial charge in [0.25, 0.3) is 8.32 Å². The van der Waals surface area contributed by atoms with Crippen LogP contribution < -0.4 is 15.3 Å². The van der Waals surface area contributed by atoms with Crippen LogP contribution in [0.2, 0.25) is 5.04 Å². The molecule has 2 atom stereocenters. The summed E-state index contributed by atoms with van der Waals surface area (Å²) in [5.41, 5.74) is 1.02. The molecule has 33 heavy (non-hydrogen) atoms. The van der Waals surface area contributed by atoms with Crippen molar-refractivity contribution in [1.29, 1.82) is 0 Å². The molecule has 1 saturated heterocycles. The third-order valence-electron chi connectivity index (χ3n) is 6.62. The molecule has 0 aromatic heterocycles. The fourth-order valence-electron chi connectivity index (χ4n) is 5.11. The van der Waals surface area contributed by atoms with Gasteiger partial charge in [0.15, 0.2) is 6.04 Å². The summed E-state index contributed by atoms with van der Waals surface area (Å²) >= 11 is 0. The molecule has 0 aliphatic carbocycles. The van der Waals surface area contributed by atoms with Gasteiger partial charge in [-0.2, -0.15) is 0 Å². The average Bonchev–Trinajstić information content (AvgIpc) is 3.26. The first-order valence-corrected chi connectivity index (χ1v) is 13.5. The number of carbonyl (C=O) groups is 1. The quantitative estimate of drug-likeness (QED) is 0.405. The second-order valence-corrected chi connectivity index (χ2v) is 13.9. The molecule has 3 aromatic carbocycles. The van der Waals surface area contributed by atoms with Crippen LogP contribution in [0.5, 0.6) is 0 Å². The standard InChI is InChI=1S/C28H33NO3Si/c1-28(2,3)33(23-16-10-6-11-17-23,24-18-12-7-13-19-24)32-25-20-21-29(26(25)27(30)31-4)22-14-8-5-9-15-22/h5-19,25-26H,20-21H2,1-4H3/t25-,26+/m0/s1. The molecule has 0 amide bonds. The van der Waals surface area contributed by atoms with Crippen molar-refractivity contribution in [1.82, 2.24) is 0 Å². The minimum Gasteiger partial charge on any atom is -0.467 e. The van der Waals surface area contributed by atoms with E-state index in [1.54, 1.807) is 0 Å². The molecule has 4 nitrogen and oxygen atoms in total. The maximum atomic E-state index is 13.1. The predicted octanol–water partition coefficient (Wildman–Crippen LogP) is 4.38. The Morgan fingerprint density at radius 3 is 1.79 bits per heavy atom. The van der Waals surface area contributed by atoms with Crippen molar-refractivity contribution in [3.8, 4) is 0 Å². The lowest BCUT2D eigenvalue weighted by molar-refractivity contribution is -0.143. The van der Waals surface area contributed by atoms with Gasteiger partial charge < -0.3 is 14.1 Å². The smallest absolute Gasteiger partial charge is 0.331 e. The second-order valence-electron chi connectivity index (χ2n) is 9.61. The molecule has 1 heterocycles. The van der Waals surface area contributed by atoms with Gasteiger partial charge in [0, 0.05) is 12.2 Å². The zero-order valence-corrected chi connectivity index (χ0v) is 20.9. The average molecular weight is 460 g/mol. The van der Waals surface area contributed by atoms with Gasteiger partial charge in [-0.1, -0.05) is 99.6 Å². The van der Waals surface area contributed by atoms with Crippen LogP contribution in [0.15, 0.2) is 91.0 Å².